The van der Waals surface area contributed by atoms with Crippen molar-refractivity contribution in [3.63, 3.8) is 0 Å². The Morgan fingerprint density at radius 1 is 1.03 bits per heavy atom. The van der Waals surface area contributed by atoms with E-state index in [-0.39, 0.29) is 18.3 Å². The largest absolute Gasteiger partial charge is 0.493 e. The van der Waals surface area contributed by atoms with Gasteiger partial charge in [-0.05, 0) is 61.6 Å². The molecule has 2 aromatic rings. The topological polar surface area (TPSA) is 73.9 Å². The first kappa shape index (κ1) is 23.9. The maximum absolute atomic E-state index is 13.6. The average Bonchev–Trinajstić information content (AvgIpc) is 2.83. The van der Waals surface area contributed by atoms with Crippen LogP contribution in [0.1, 0.15) is 49.7 Å². The van der Waals surface area contributed by atoms with Gasteiger partial charge in [0.15, 0.2) is 17.3 Å². The number of hydrogen-bond donors (Lipinski definition) is 1. The van der Waals surface area contributed by atoms with E-state index in [1.54, 1.807) is 27.2 Å². The Balaban J connectivity index is 1.82. The molecule has 178 valence electrons. The fourth-order valence-electron chi connectivity index (χ4n) is 4.85. The number of carbonyl (C=O) groups is 2. The van der Waals surface area contributed by atoms with Gasteiger partial charge < -0.3 is 19.5 Å². The van der Waals surface area contributed by atoms with Gasteiger partial charge in [-0.3, -0.25) is 4.79 Å². The van der Waals surface area contributed by atoms with Gasteiger partial charge in [-0.1, -0.05) is 29.8 Å². The van der Waals surface area contributed by atoms with Crippen molar-refractivity contribution in [2.24, 2.45) is 0 Å². The summed E-state index contributed by atoms with van der Waals surface area (Å²) in [6.07, 6.45) is 1.00. The summed E-state index contributed by atoms with van der Waals surface area (Å²) < 4.78 is 16.3. The standard InChI is InChI=1S/C27H28ClNO5/c1-5-34-27(31)24-15(2)29-20-12-18(16-6-9-19(28)10-7-16)13-21(30)26(20)25(24)17-8-11-22(32-3)23(14-17)33-4/h6-11,14,18,25,29H,5,12-13H2,1-4H3/t18-,25-/m0/s1. The van der Waals surface area contributed by atoms with Gasteiger partial charge in [0, 0.05) is 34.3 Å². The molecule has 34 heavy (non-hydrogen) atoms. The molecule has 1 aliphatic heterocycles. The van der Waals surface area contributed by atoms with Crippen LogP contribution in [0.4, 0.5) is 0 Å². The van der Waals surface area contributed by atoms with Gasteiger partial charge in [-0.15, -0.1) is 0 Å². The van der Waals surface area contributed by atoms with Gasteiger partial charge in [0.1, 0.15) is 0 Å². The van der Waals surface area contributed by atoms with Crippen molar-refractivity contribution in [2.45, 2.75) is 38.5 Å². The number of benzene rings is 2. The van der Waals surface area contributed by atoms with Crippen molar-refractivity contribution in [3.05, 3.63) is 81.2 Å². The number of rotatable bonds is 6. The quantitative estimate of drug-likeness (QED) is 0.566. The second-order valence-electron chi connectivity index (χ2n) is 8.40. The summed E-state index contributed by atoms with van der Waals surface area (Å²) in [5.74, 6) is 0.136. The van der Waals surface area contributed by atoms with E-state index in [0.717, 1.165) is 16.8 Å². The van der Waals surface area contributed by atoms with Crippen LogP contribution in [0.2, 0.25) is 5.02 Å². The van der Waals surface area contributed by atoms with Crippen LogP contribution >= 0.6 is 11.6 Å². The van der Waals surface area contributed by atoms with Crippen LogP contribution in [0.25, 0.3) is 0 Å². The Bertz CT molecular complexity index is 1180. The molecular weight excluding hydrogens is 454 g/mol. The van der Waals surface area contributed by atoms with Crippen molar-refractivity contribution in [1.82, 2.24) is 5.32 Å². The predicted molar refractivity (Wildman–Crippen MR) is 130 cm³/mol. The number of esters is 1. The van der Waals surface area contributed by atoms with E-state index in [4.69, 9.17) is 25.8 Å². The summed E-state index contributed by atoms with van der Waals surface area (Å²) in [5.41, 5.74) is 4.39. The first-order chi connectivity index (χ1) is 16.4. The second kappa shape index (κ2) is 9.94. The van der Waals surface area contributed by atoms with Crippen molar-refractivity contribution >= 4 is 23.4 Å². The maximum atomic E-state index is 13.6. The number of methoxy groups -OCH3 is 2. The van der Waals surface area contributed by atoms with Gasteiger partial charge in [-0.2, -0.15) is 0 Å². The van der Waals surface area contributed by atoms with Gasteiger partial charge >= 0.3 is 5.97 Å². The smallest absolute Gasteiger partial charge is 0.336 e. The third kappa shape index (κ3) is 4.42. The number of ether oxygens (including phenoxy) is 3. The molecule has 1 heterocycles. The average molecular weight is 482 g/mol. The van der Waals surface area contributed by atoms with Crippen molar-refractivity contribution in [1.29, 1.82) is 0 Å². The number of halogens is 1. The first-order valence-corrected chi connectivity index (χ1v) is 11.6. The SMILES string of the molecule is CCOC(=O)C1=C(C)NC2=C(C(=O)C[C@@H](c3ccc(Cl)cc3)C2)[C@H]1c1ccc(OC)c(OC)c1. The zero-order valence-electron chi connectivity index (χ0n) is 19.7. The number of ketones is 1. The van der Waals surface area contributed by atoms with Crippen molar-refractivity contribution in [2.75, 3.05) is 20.8 Å². The lowest BCUT2D eigenvalue weighted by molar-refractivity contribution is -0.138. The number of nitrogens with one attached hydrogen (secondary N) is 1. The minimum Gasteiger partial charge on any atom is -0.493 e. The second-order valence-corrected chi connectivity index (χ2v) is 8.84. The number of allylic oxidation sites excluding steroid dienone is 3. The van der Waals surface area contributed by atoms with Crippen LogP contribution in [0.15, 0.2) is 65.0 Å². The summed E-state index contributed by atoms with van der Waals surface area (Å²) in [5, 5.41) is 4.02. The highest BCUT2D eigenvalue weighted by Gasteiger charge is 2.41. The monoisotopic (exact) mass is 481 g/mol. The molecule has 0 unspecified atom stereocenters. The van der Waals surface area contributed by atoms with E-state index in [1.807, 2.05) is 43.3 Å². The van der Waals surface area contributed by atoms with Gasteiger partial charge in [0.05, 0.1) is 26.4 Å². The number of hydrogen-bond acceptors (Lipinski definition) is 6. The molecule has 4 rings (SSSR count). The molecule has 1 aliphatic carbocycles. The van der Waals surface area contributed by atoms with E-state index < -0.39 is 11.9 Å². The molecule has 0 radical (unpaired) electrons. The van der Waals surface area contributed by atoms with Crippen molar-refractivity contribution in [3.8, 4) is 11.5 Å². The van der Waals surface area contributed by atoms with Crippen LogP contribution in [-0.2, 0) is 14.3 Å². The summed E-state index contributed by atoms with van der Waals surface area (Å²) in [4.78, 5) is 26.7. The molecule has 2 aliphatic rings. The summed E-state index contributed by atoms with van der Waals surface area (Å²) in [6.45, 7) is 3.86. The number of dihydropyridines is 1. The Morgan fingerprint density at radius 2 is 1.71 bits per heavy atom. The lowest BCUT2D eigenvalue weighted by Gasteiger charge is -2.36. The molecule has 0 amide bonds. The van der Waals surface area contributed by atoms with Gasteiger partial charge in [0.25, 0.3) is 0 Å². The van der Waals surface area contributed by atoms with Gasteiger partial charge in [-0.25, -0.2) is 4.79 Å². The molecule has 0 fully saturated rings. The van der Waals surface area contributed by atoms with Crippen LogP contribution in [-0.4, -0.2) is 32.6 Å². The molecule has 7 heteroatoms. The van der Waals surface area contributed by atoms with Crippen LogP contribution in [0.5, 0.6) is 11.5 Å². The van der Waals surface area contributed by atoms with E-state index in [0.29, 0.717) is 46.2 Å². The van der Waals surface area contributed by atoms with E-state index in [2.05, 4.69) is 5.32 Å². The molecule has 0 spiro atoms. The molecule has 2 atom stereocenters. The lowest BCUT2D eigenvalue weighted by atomic mass is 9.71. The lowest BCUT2D eigenvalue weighted by Crippen LogP contribution is -2.36. The molecule has 0 bridgehead atoms. The highest BCUT2D eigenvalue weighted by atomic mass is 35.5. The van der Waals surface area contributed by atoms with Gasteiger partial charge in [0.2, 0.25) is 0 Å². The van der Waals surface area contributed by atoms with Crippen LogP contribution in [0, 0.1) is 0 Å². The zero-order chi connectivity index (χ0) is 24.4. The third-order valence-corrected chi connectivity index (χ3v) is 6.66. The first-order valence-electron chi connectivity index (χ1n) is 11.3. The molecule has 2 aromatic carbocycles. The summed E-state index contributed by atoms with van der Waals surface area (Å²) >= 11 is 6.06. The molecule has 0 saturated carbocycles. The molecule has 6 nitrogen and oxygen atoms in total. The minimum atomic E-state index is -0.561. The minimum absolute atomic E-state index is 0.00258. The highest BCUT2D eigenvalue weighted by molar-refractivity contribution is 6.30. The molecule has 0 aromatic heterocycles. The van der Waals surface area contributed by atoms with E-state index in [1.165, 1.54) is 0 Å². The van der Waals surface area contributed by atoms with E-state index in [9.17, 15) is 9.59 Å². The van der Waals surface area contributed by atoms with Crippen molar-refractivity contribution < 1.29 is 23.8 Å². The Hall–Kier alpha value is -3.25. The normalized spacial score (nSPS) is 20.0. The Labute approximate surface area is 204 Å². The number of carbonyl (C=O) groups excluding carboxylic acids is 2. The fraction of sp³-hybridized carbons (Fsp3) is 0.333. The van der Waals surface area contributed by atoms with E-state index >= 15 is 0 Å². The third-order valence-electron chi connectivity index (χ3n) is 6.41. The predicted octanol–water partition coefficient (Wildman–Crippen LogP) is 5.28. The molecular formula is C27H28ClNO5. The Kier molecular flexibility index (Phi) is 6.98. The highest BCUT2D eigenvalue weighted by Crippen LogP contribution is 2.47. The molecule has 0 saturated heterocycles. The van der Waals surface area contributed by atoms with Crippen LogP contribution in [0.3, 0.4) is 0 Å². The number of Topliss-reactive ketones (excluding diaryl/α,β-unsaturated/α-hetero) is 1. The summed E-state index contributed by atoms with van der Waals surface area (Å²) in [6, 6.07) is 13.1. The fourth-order valence-corrected chi connectivity index (χ4v) is 4.98. The van der Waals surface area contributed by atoms with Crippen LogP contribution < -0.4 is 14.8 Å². The molecule has 1 N–H and O–H groups in total. The summed E-state index contributed by atoms with van der Waals surface area (Å²) in [7, 11) is 3.13. The zero-order valence-corrected chi connectivity index (χ0v) is 20.5. The Morgan fingerprint density at radius 3 is 2.35 bits per heavy atom. The maximum Gasteiger partial charge on any atom is 0.336 e.